The van der Waals surface area contributed by atoms with Gasteiger partial charge in [-0.3, -0.25) is 9.69 Å². The molecule has 0 radical (unpaired) electrons. The van der Waals surface area contributed by atoms with Crippen molar-refractivity contribution in [2.45, 2.75) is 32.2 Å². The lowest BCUT2D eigenvalue weighted by molar-refractivity contribution is -0.136. The first-order valence-electron chi connectivity index (χ1n) is 6.83. The van der Waals surface area contributed by atoms with E-state index in [1.807, 2.05) is 24.3 Å². The van der Waals surface area contributed by atoms with Crippen LogP contribution in [0, 0.1) is 0 Å². The number of carboxylic acid groups (broad SMARTS) is 1. The maximum Gasteiger partial charge on any atom is 0.307 e. The van der Waals surface area contributed by atoms with Crippen molar-refractivity contribution in [3.05, 3.63) is 29.8 Å². The third-order valence-electron chi connectivity index (χ3n) is 3.62. The zero-order chi connectivity index (χ0) is 13.7. The number of nitrogens with zero attached hydrogens (tertiary/aromatic N) is 1. The first-order chi connectivity index (χ1) is 9.15. The molecule has 4 nitrogen and oxygen atoms in total. The Morgan fingerprint density at radius 1 is 1.42 bits per heavy atom. The lowest BCUT2D eigenvalue weighted by Gasteiger charge is -2.20. The highest BCUT2D eigenvalue weighted by Gasteiger charge is 2.19. The summed E-state index contributed by atoms with van der Waals surface area (Å²) in [6.07, 6.45) is 2.63. The highest BCUT2D eigenvalue weighted by molar-refractivity contribution is 5.70. The molecule has 1 unspecified atom stereocenters. The van der Waals surface area contributed by atoms with Crippen LogP contribution in [-0.4, -0.2) is 41.7 Å². The molecule has 1 N–H and O–H groups in total. The smallest absolute Gasteiger partial charge is 0.307 e. The summed E-state index contributed by atoms with van der Waals surface area (Å²) < 4.78 is 5.69. The fourth-order valence-electron chi connectivity index (χ4n) is 2.48. The molecule has 0 bridgehead atoms. The zero-order valence-electron chi connectivity index (χ0n) is 11.3. The first-order valence-corrected chi connectivity index (χ1v) is 6.83. The Bertz CT molecular complexity index is 416. The highest BCUT2D eigenvalue weighted by Crippen LogP contribution is 2.16. The molecule has 1 aromatic carbocycles. The summed E-state index contributed by atoms with van der Waals surface area (Å²) >= 11 is 0. The number of carboxylic acids is 1. The Labute approximate surface area is 114 Å². The van der Waals surface area contributed by atoms with Crippen LogP contribution in [0.15, 0.2) is 24.3 Å². The Morgan fingerprint density at radius 3 is 2.74 bits per heavy atom. The minimum atomic E-state index is -0.809. The van der Waals surface area contributed by atoms with Crippen molar-refractivity contribution in [2.24, 2.45) is 0 Å². The van der Waals surface area contributed by atoms with Gasteiger partial charge in [0.2, 0.25) is 0 Å². The lowest BCUT2D eigenvalue weighted by atomic mass is 10.1. The van der Waals surface area contributed by atoms with Gasteiger partial charge in [-0.25, -0.2) is 0 Å². The minimum absolute atomic E-state index is 0.0611. The maximum absolute atomic E-state index is 10.6. The molecule has 1 heterocycles. The molecule has 19 heavy (non-hydrogen) atoms. The third kappa shape index (κ3) is 4.24. The Kier molecular flexibility index (Phi) is 4.80. The predicted octanol–water partition coefficient (Wildman–Crippen LogP) is 2.18. The van der Waals surface area contributed by atoms with E-state index in [4.69, 9.17) is 9.84 Å². The molecular formula is C15H21NO3. The fourth-order valence-corrected chi connectivity index (χ4v) is 2.48. The minimum Gasteiger partial charge on any atom is -0.492 e. The van der Waals surface area contributed by atoms with Gasteiger partial charge >= 0.3 is 5.97 Å². The molecule has 1 saturated heterocycles. The maximum atomic E-state index is 10.6. The number of likely N-dealkylation sites (tertiary alicyclic amines) is 1. The van der Waals surface area contributed by atoms with Crippen LogP contribution in [0.2, 0.25) is 0 Å². The number of rotatable bonds is 6. The molecule has 1 aliphatic rings. The molecule has 0 aliphatic carbocycles. The third-order valence-corrected chi connectivity index (χ3v) is 3.62. The van der Waals surface area contributed by atoms with Gasteiger partial charge in [0.25, 0.3) is 0 Å². The van der Waals surface area contributed by atoms with Crippen molar-refractivity contribution in [1.29, 1.82) is 0 Å². The van der Waals surface area contributed by atoms with E-state index in [0.29, 0.717) is 12.6 Å². The van der Waals surface area contributed by atoms with Gasteiger partial charge in [0.05, 0.1) is 6.42 Å². The first kappa shape index (κ1) is 13.9. The van der Waals surface area contributed by atoms with Crippen LogP contribution in [0.5, 0.6) is 5.75 Å². The molecule has 0 spiro atoms. The van der Waals surface area contributed by atoms with E-state index in [9.17, 15) is 4.79 Å². The SMILES string of the molecule is CC1CCCN1CCOc1ccc(CC(=O)O)cc1. The number of ether oxygens (including phenoxy) is 1. The van der Waals surface area contributed by atoms with Gasteiger partial charge in [-0.05, 0) is 44.0 Å². The van der Waals surface area contributed by atoms with E-state index >= 15 is 0 Å². The van der Waals surface area contributed by atoms with Gasteiger partial charge in [0, 0.05) is 12.6 Å². The summed E-state index contributed by atoms with van der Waals surface area (Å²) in [6.45, 7) is 5.07. The van der Waals surface area contributed by atoms with Crippen molar-refractivity contribution in [1.82, 2.24) is 4.90 Å². The molecule has 4 heteroatoms. The molecular weight excluding hydrogens is 242 g/mol. The van der Waals surface area contributed by atoms with Gasteiger partial charge in [-0.15, -0.1) is 0 Å². The summed E-state index contributed by atoms with van der Waals surface area (Å²) in [6, 6.07) is 7.96. The predicted molar refractivity (Wildman–Crippen MR) is 73.5 cm³/mol. The second-order valence-electron chi connectivity index (χ2n) is 5.09. The number of benzene rings is 1. The second-order valence-corrected chi connectivity index (χ2v) is 5.09. The molecule has 2 rings (SSSR count). The largest absolute Gasteiger partial charge is 0.492 e. The van der Waals surface area contributed by atoms with E-state index in [-0.39, 0.29) is 6.42 Å². The number of carbonyl (C=O) groups is 1. The van der Waals surface area contributed by atoms with Crippen LogP contribution in [0.4, 0.5) is 0 Å². The van der Waals surface area contributed by atoms with Crippen LogP contribution in [0.25, 0.3) is 0 Å². The van der Waals surface area contributed by atoms with Crippen molar-refractivity contribution >= 4 is 5.97 Å². The number of hydrogen-bond donors (Lipinski definition) is 1. The van der Waals surface area contributed by atoms with Crippen LogP contribution in [-0.2, 0) is 11.2 Å². The second kappa shape index (κ2) is 6.57. The fraction of sp³-hybridized carbons (Fsp3) is 0.533. The van der Waals surface area contributed by atoms with E-state index in [2.05, 4.69) is 11.8 Å². The van der Waals surface area contributed by atoms with Crippen LogP contribution in [0.3, 0.4) is 0 Å². The zero-order valence-corrected chi connectivity index (χ0v) is 11.3. The molecule has 0 aromatic heterocycles. The highest BCUT2D eigenvalue weighted by atomic mass is 16.5. The molecule has 0 amide bonds. The summed E-state index contributed by atoms with van der Waals surface area (Å²) in [7, 11) is 0. The van der Waals surface area contributed by atoms with Gasteiger partial charge in [0.1, 0.15) is 12.4 Å². The topological polar surface area (TPSA) is 49.8 Å². The van der Waals surface area contributed by atoms with Crippen molar-refractivity contribution in [2.75, 3.05) is 19.7 Å². The molecule has 104 valence electrons. The van der Waals surface area contributed by atoms with Crippen molar-refractivity contribution < 1.29 is 14.6 Å². The Balaban J connectivity index is 1.75. The normalized spacial score (nSPS) is 19.5. The monoisotopic (exact) mass is 263 g/mol. The van der Waals surface area contributed by atoms with Crippen molar-refractivity contribution in [3.8, 4) is 5.75 Å². The van der Waals surface area contributed by atoms with Gasteiger partial charge < -0.3 is 9.84 Å². The average molecular weight is 263 g/mol. The van der Waals surface area contributed by atoms with Crippen LogP contribution < -0.4 is 4.74 Å². The standard InChI is InChI=1S/C15H21NO3/c1-12-3-2-8-16(12)9-10-19-14-6-4-13(5-7-14)11-15(17)18/h4-7,12H,2-3,8-11H2,1H3,(H,17,18). The molecule has 0 saturated carbocycles. The molecule has 1 aromatic rings. The molecule has 1 atom stereocenters. The summed E-state index contributed by atoms with van der Waals surface area (Å²) in [4.78, 5) is 13.0. The lowest BCUT2D eigenvalue weighted by Crippen LogP contribution is -2.31. The van der Waals surface area contributed by atoms with Gasteiger partial charge in [-0.1, -0.05) is 12.1 Å². The number of hydrogen-bond acceptors (Lipinski definition) is 3. The van der Waals surface area contributed by atoms with Crippen molar-refractivity contribution in [3.63, 3.8) is 0 Å². The molecule has 1 fully saturated rings. The van der Waals surface area contributed by atoms with E-state index in [0.717, 1.165) is 17.9 Å². The summed E-state index contributed by atoms with van der Waals surface area (Å²) in [5, 5.41) is 8.69. The average Bonchev–Trinajstić information content (AvgIpc) is 2.77. The summed E-state index contributed by atoms with van der Waals surface area (Å²) in [5.41, 5.74) is 0.799. The van der Waals surface area contributed by atoms with Gasteiger partial charge in [0.15, 0.2) is 0 Å². The van der Waals surface area contributed by atoms with E-state index in [1.54, 1.807) is 0 Å². The van der Waals surface area contributed by atoms with Crippen LogP contribution in [0.1, 0.15) is 25.3 Å². The van der Waals surface area contributed by atoms with E-state index < -0.39 is 5.97 Å². The Hall–Kier alpha value is -1.55. The quantitative estimate of drug-likeness (QED) is 0.854. The number of aliphatic carboxylic acids is 1. The van der Waals surface area contributed by atoms with Crippen LogP contribution >= 0.6 is 0 Å². The summed E-state index contributed by atoms with van der Waals surface area (Å²) in [5.74, 6) is -0.00215. The van der Waals surface area contributed by atoms with E-state index in [1.165, 1.54) is 19.4 Å². The van der Waals surface area contributed by atoms with Gasteiger partial charge in [-0.2, -0.15) is 0 Å². The molecule has 1 aliphatic heterocycles. The Morgan fingerprint density at radius 2 is 2.16 bits per heavy atom.